The summed E-state index contributed by atoms with van der Waals surface area (Å²) in [6.07, 6.45) is 12.4. The molecule has 8 heteroatoms. The second kappa shape index (κ2) is 17.7. The zero-order chi connectivity index (χ0) is 29.4. The van der Waals surface area contributed by atoms with Gasteiger partial charge in [-0.3, -0.25) is 4.21 Å². The third kappa shape index (κ3) is 10.6. The molecular weight excluding hydrogens is 546 g/mol. The largest absolute Gasteiger partial charge is 0.457 e. The van der Waals surface area contributed by atoms with Crippen LogP contribution in [0.15, 0.2) is 85.5 Å². The van der Waals surface area contributed by atoms with Crippen molar-refractivity contribution < 1.29 is 23.0 Å². The monoisotopic (exact) mass is 590 g/mol. The zero-order valence-corrected chi connectivity index (χ0v) is 25.7. The molecular formula is C34H44N3O4S+. The maximum Gasteiger partial charge on any atom is 0.316 e. The maximum absolute atomic E-state index is 13.0. The first-order valence-electron chi connectivity index (χ1n) is 15.1. The lowest BCUT2D eigenvalue weighted by atomic mass is 9.99. The van der Waals surface area contributed by atoms with E-state index in [0.29, 0.717) is 24.7 Å². The van der Waals surface area contributed by atoms with Crippen molar-refractivity contribution in [1.29, 1.82) is 0 Å². The Morgan fingerprint density at radius 3 is 2.48 bits per heavy atom. The molecule has 0 N–H and O–H groups in total. The second-order valence-electron chi connectivity index (χ2n) is 10.4. The number of rotatable bonds is 19. The van der Waals surface area contributed by atoms with Crippen LogP contribution in [0.3, 0.4) is 0 Å². The summed E-state index contributed by atoms with van der Waals surface area (Å²) in [7, 11) is -1.15. The number of pyridine rings is 1. The standard InChI is InChI=1S/C34H44N3O4S/c1-3-5-7-11-28-12-13-30-25-31(15-14-29(30)24-28)33(4-2)40-26-32(41-34-35-16-10-17-36-34)27-42(38)23-22-39-21-20-37-18-8-6-9-19-37/h6,8-10,12-19,24-25,32-33H,3-5,7,11,20-23,26-27H2,1-2H3/q+1. The van der Waals surface area contributed by atoms with Gasteiger partial charge < -0.3 is 14.2 Å². The number of ether oxygens (including phenoxy) is 3. The number of aromatic nitrogens is 3. The Kier molecular flexibility index (Phi) is 13.4. The molecule has 0 aliphatic rings. The third-order valence-corrected chi connectivity index (χ3v) is 8.50. The molecule has 0 fully saturated rings. The van der Waals surface area contributed by atoms with E-state index in [4.69, 9.17) is 14.2 Å². The van der Waals surface area contributed by atoms with Crippen LogP contribution in [0.25, 0.3) is 10.8 Å². The average molecular weight is 591 g/mol. The highest BCUT2D eigenvalue weighted by Crippen LogP contribution is 2.27. The predicted molar refractivity (Wildman–Crippen MR) is 168 cm³/mol. The van der Waals surface area contributed by atoms with Crippen molar-refractivity contribution in [3.63, 3.8) is 0 Å². The van der Waals surface area contributed by atoms with Crippen LogP contribution in [0.2, 0.25) is 0 Å². The zero-order valence-electron chi connectivity index (χ0n) is 24.9. The van der Waals surface area contributed by atoms with Crippen LogP contribution in [0.5, 0.6) is 6.01 Å². The molecule has 0 aliphatic heterocycles. The molecule has 0 aliphatic carbocycles. The molecule has 2 aromatic heterocycles. The number of fused-ring (bicyclic) bond motifs is 1. The van der Waals surface area contributed by atoms with Gasteiger partial charge in [-0.25, -0.2) is 14.5 Å². The van der Waals surface area contributed by atoms with Gasteiger partial charge in [0.05, 0.1) is 25.1 Å². The normalized spacial score (nSPS) is 13.6. The molecule has 4 rings (SSSR count). The SMILES string of the molecule is CCCCCc1ccc2cc(C(CC)OCC(CS(=O)CCOCC[n+]3ccccc3)Oc3ncccn3)ccc2c1. The Morgan fingerprint density at radius 1 is 0.905 bits per heavy atom. The Balaban J connectivity index is 1.32. The number of hydrogen-bond acceptors (Lipinski definition) is 6. The minimum Gasteiger partial charge on any atom is -0.457 e. The molecule has 0 saturated carbocycles. The molecule has 0 spiro atoms. The first-order valence-corrected chi connectivity index (χ1v) is 16.6. The van der Waals surface area contributed by atoms with Crippen LogP contribution >= 0.6 is 0 Å². The molecule has 0 amide bonds. The molecule has 0 bridgehead atoms. The van der Waals surface area contributed by atoms with Crippen molar-refractivity contribution in [2.75, 3.05) is 31.3 Å². The van der Waals surface area contributed by atoms with Crippen molar-refractivity contribution in [3.8, 4) is 6.01 Å². The molecule has 3 atom stereocenters. The average Bonchev–Trinajstić information content (AvgIpc) is 3.02. The van der Waals surface area contributed by atoms with E-state index >= 15 is 0 Å². The summed E-state index contributed by atoms with van der Waals surface area (Å²) < 4.78 is 33.2. The number of aryl methyl sites for hydroxylation is 1. The quantitative estimate of drug-likeness (QED) is 0.0981. The van der Waals surface area contributed by atoms with E-state index in [0.717, 1.165) is 24.9 Å². The molecule has 3 unspecified atom stereocenters. The van der Waals surface area contributed by atoms with Gasteiger partial charge in [-0.15, -0.1) is 0 Å². The van der Waals surface area contributed by atoms with Gasteiger partial charge >= 0.3 is 6.01 Å². The van der Waals surface area contributed by atoms with Gasteiger partial charge in [0.15, 0.2) is 18.9 Å². The summed E-state index contributed by atoms with van der Waals surface area (Å²) in [5, 5.41) is 2.47. The molecule has 224 valence electrons. The summed E-state index contributed by atoms with van der Waals surface area (Å²) >= 11 is 0. The second-order valence-corrected chi connectivity index (χ2v) is 12.1. The van der Waals surface area contributed by atoms with Gasteiger partial charge in [-0.05, 0) is 53.3 Å². The molecule has 7 nitrogen and oxygen atoms in total. The lowest BCUT2D eigenvalue weighted by molar-refractivity contribution is -0.698. The maximum atomic E-state index is 13.0. The van der Waals surface area contributed by atoms with Crippen molar-refractivity contribution >= 4 is 21.6 Å². The third-order valence-electron chi connectivity index (χ3n) is 7.14. The highest BCUT2D eigenvalue weighted by Gasteiger charge is 2.20. The highest BCUT2D eigenvalue weighted by atomic mass is 32.2. The molecule has 0 saturated heterocycles. The molecule has 0 radical (unpaired) electrons. The van der Waals surface area contributed by atoms with Crippen molar-refractivity contribution in [1.82, 2.24) is 9.97 Å². The number of unbranched alkanes of at least 4 members (excludes halogenated alkanes) is 2. The first-order chi connectivity index (χ1) is 20.6. The molecule has 2 heterocycles. The lowest BCUT2D eigenvalue weighted by Gasteiger charge is -2.22. The van der Waals surface area contributed by atoms with Gasteiger partial charge in [0.2, 0.25) is 0 Å². The van der Waals surface area contributed by atoms with E-state index in [1.807, 2.05) is 30.6 Å². The van der Waals surface area contributed by atoms with Crippen LogP contribution in [-0.2, 0) is 33.2 Å². The predicted octanol–water partition coefficient (Wildman–Crippen LogP) is 6.03. The minimum absolute atomic E-state index is 0.103. The van der Waals surface area contributed by atoms with Gasteiger partial charge in [0.1, 0.15) is 12.7 Å². The molecule has 42 heavy (non-hydrogen) atoms. The fourth-order valence-electron chi connectivity index (χ4n) is 4.83. The highest BCUT2D eigenvalue weighted by molar-refractivity contribution is 7.85. The lowest BCUT2D eigenvalue weighted by Crippen LogP contribution is -2.35. The van der Waals surface area contributed by atoms with Gasteiger partial charge in [-0.1, -0.05) is 63.1 Å². The molecule has 2 aromatic carbocycles. The van der Waals surface area contributed by atoms with Crippen molar-refractivity contribution in [3.05, 3.63) is 96.6 Å². The first kappa shape index (κ1) is 31.7. The van der Waals surface area contributed by atoms with Crippen LogP contribution in [0.4, 0.5) is 0 Å². The fourth-order valence-corrected chi connectivity index (χ4v) is 5.88. The Morgan fingerprint density at radius 2 is 1.69 bits per heavy atom. The smallest absolute Gasteiger partial charge is 0.316 e. The Labute approximate surface area is 252 Å². The minimum atomic E-state index is -1.15. The van der Waals surface area contributed by atoms with Crippen LogP contribution in [-0.4, -0.2) is 51.6 Å². The van der Waals surface area contributed by atoms with Gasteiger partial charge in [0.25, 0.3) is 0 Å². The van der Waals surface area contributed by atoms with E-state index < -0.39 is 16.9 Å². The summed E-state index contributed by atoms with van der Waals surface area (Å²) in [5.74, 6) is 0.737. The van der Waals surface area contributed by atoms with E-state index in [1.165, 1.54) is 35.6 Å². The van der Waals surface area contributed by atoms with Crippen LogP contribution < -0.4 is 9.30 Å². The van der Waals surface area contributed by atoms with Gasteiger partial charge in [0, 0.05) is 41.1 Å². The van der Waals surface area contributed by atoms with E-state index in [9.17, 15) is 4.21 Å². The summed E-state index contributed by atoms with van der Waals surface area (Å²) in [6.45, 7) is 6.38. The number of benzene rings is 2. The van der Waals surface area contributed by atoms with E-state index in [2.05, 4.69) is 64.8 Å². The Hall–Kier alpha value is -3.20. The van der Waals surface area contributed by atoms with Crippen LogP contribution in [0.1, 0.15) is 56.8 Å². The van der Waals surface area contributed by atoms with E-state index in [1.54, 1.807) is 18.5 Å². The van der Waals surface area contributed by atoms with E-state index in [-0.39, 0.29) is 18.7 Å². The molecule has 4 aromatic rings. The summed E-state index contributed by atoms with van der Waals surface area (Å²) in [6, 6.07) is 21.3. The summed E-state index contributed by atoms with van der Waals surface area (Å²) in [4.78, 5) is 8.39. The number of hydrogen-bond donors (Lipinski definition) is 0. The van der Waals surface area contributed by atoms with Crippen molar-refractivity contribution in [2.45, 2.75) is 64.7 Å². The van der Waals surface area contributed by atoms with Gasteiger partial charge in [-0.2, -0.15) is 0 Å². The Bertz CT molecular complexity index is 1360. The van der Waals surface area contributed by atoms with Crippen molar-refractivity contribution in [2.24, 2.45) is 0 Å². The summed E-state index contributed by atoms with van der Waals surface area (Å²) in [5.41, 5.74) is 2.52. The number of nitrogens with zero attached hydrogens (tertiary/aromatic N) is 3. The van der Waals surface area contributed by atoms with Crippen LogP contribution in [0, 0.1) is 0 Å². The fraction of sp³-hybridized carbons (Fsp3) is 0.441. The topological polar surface area (TPSA) is 74.4 Å².